The van der Waals surface area contributed by atoms with Crippen molar-refractivity contribution in [1.82, 2.24) is 10.3 Å². The second kappa shape index (κ2) is 5.79. The second-order valence-corrected chi connectivity index (χ2v) is 4.48. The SMILES string of the molecule is CCNC(=S)N=Nc1c(O)[nH]c2ccc(CC)cc12. The van der Waals surface area contributed by atoms with Gasteiger partial charge in [0.05, 0.1) is 5.52 Å². The van der Waals surface area contributed by atoms with Gasteiger partial charge >= 0.3 is 0 Å². The first-order valence-electron chi connectivity index (χ1n) is 6.18. The van der Waals surface area contributed by atoms with Gasteiger partial charge in [0, 0.05) is 11.9 Å². The number of hydrogen-bond donors (Lipinski definition) is 3. The van der Waals surface area contributed by atoms with Crippen LogP contribution in [0.15, 0.2) is 28.4 Å². The average Bonchev–Trinajstić information content (AvgIpc) is 2.71. The van der Waals surface area contributed by atoms with Gasteiger partial charge in [0.25, 0.3) is 0 Å². The van der Waals surface area contributed by atoms with Crippen LogP contribution in [0.2, 0.25) is 0 Å². The van der Waals surface area contributed by atoms with E-state index in [2.05, 4.69) is 27.5 Å². The topological polar surface area (TPSA) is 72.8 Å². The van der Waals surface area contributed by atoms with Crippen LogP contribution in [0.4, 0.5) is 5.69 Å². The number of thiocarbonyl (C=S) groups is 1. The van der Waals surface area contributed by atoms with E-state index in [1.54, 1.807) is 0 Å². The number of benzene rings is 1. The molecular weight excluding hydrogens is 260 g/mol. The molecule has 0 bridgehead atoms. The Kier molecular flexibility index (Phi) is 4.11. The summed E-state index contributed by atoms with van der Waals surface area (Å²) in [6.07, 6.45) is 0.925. The number of azo groups is 1. The minimum atomic E-state index is 0.00583. The summed E-state index contributed by atoms with van der Waals surface area (Å²) in [5.74, 6) is 0.00583. The molecule has 0 amide bonds. The van der Waals surface area contributed by atoms with E-state index in [1.807, 2.05) is 25.1 Å². The normalized spacial score (nSPS) is 11.3. The summed E-state index contributed by atoms with van der Waals surface area (Å²) in [6.45, 7) is 4.70. The Labute approximate surface area is 116 Å². The first-order valence-corrected chi connectivity index (χ1v) is 6.59. The van der Waals surface area contributed by atoms with Gasteiger partial charge in [0.2, 0.25) is 11.0 Å². The fraction of sp³-hybridized carbons (Fsp3) is 0.308. The second-order valence-electron chi connectivity index (χ2n) is 4.09. The van der Waals surface area contributed by atoms with Crippen LogP contribution >= 0.6 is 12.2 Å². The molecule has 0 saturated carbocycles. The molecule has 6 heteroatoms. The first-order chi connectivity index (χ1) is 9.15. The summed E-state index contributed by atoms with van der Waals surface area (Å²) < 4.78 is 0. The van der Waals surface area contributed by atoms with Crippen LogP contribution in [0.3, 0.4) is 0 Å². The third-order valence-electron chi connectivity index (χ3n) is 2.79. The predicted molar refractivity (Wildman–Crippen MR) is 80.1 cm³/mol. The van der Waals surface area contributed by atoms with E-state index in [-0.39, 0.29) is 5.88 Å². The van der Waals surface area contributed by atoms with Crippen molar-refractivity contribution < 1.29 is 5.11 Å². The zero-order valence-electron chi connectivity index (χ0n) is 10.9. The Morgan fingerprint density at radius 1 is 1.42 bits per heavy atom. The summed E-state index contributed by atoms with van der Waals surface area (Å²) in [6, 6.07) is 5.94. The zero-order valence-corrected chi connectivity index (χ0v) is 11.7. The highest BCUT2D eigenvalue weighted by Gasteiger charge is 2.10. The molecule has 3 N–H and O–H groups in total. The van der Waals surface area contributed by atoms with Gasteiger partial charge in [-0.25, -0.2) is 0 Å². The Hall–Kier alpha value is -1.95. The van der Waals surface area contributed by atoms with Crippen molar-refractivity contribution in [3.63, 3.8) is 0 Å². The average molecular weight is 276 g/mol. The number of aromatic amines is 1. The Bertz CT molecular complexity index is 633. The van der Waals surface area contributed by atoms with Crippen LogP contribution < -0.4 is 5.32 Å². The molecule has 0 fully saturated rings. The maximum atomic E-state index is 9.87. The van der Waals surface area contributed by atoms with E-state index in [0.29, 0.717) is 17.3 Å². The first kappa shape index (κ1) is 13.5. The summed E-state index contributed by atoms with van der Waals surface area (Å²) in [4.78, 5) is 2.87. The molecule has 0 aliphatic rings. The van der Waals surface area contributed by atoms with Crippen LogP contribution in [0.1, 0.15) is 19.4 Å². The molecule has 0 aliphatic carbocycles. The highest BCUT2D eigenvalue weighted by atomic mass is 32.1. The van der Waals surface area contributed by atoms with Crippen LogP contribution in [0, 0.1) is 0 Å². The molecule has 1 aromatic carbocycles. The maximum absolute atomic E-state index is 9.87. The molecule has 0 saturated heterocycles. The molecule has 0 atom stereocenters. The van der Waals surface area contributed by atoms with Crippen LogP contribution in [0.25, 0.3) is 10.9 Å². The molecule has 0 aliphatic heterocycles. The van der Waals surface area contributed by atoms with Crippen molar-refractivity contribution in [2.24, 2.45) is 10.2 Å². The van der Waals surface area contributed by atoms with Gasteiger partial charge in [-0.1, -0.05) is 13.0 Å². The Balaban J connectivity index is 2.41. The van der Waals surface area contributed by atoms with E-state index in [4.69, 9.17) is 12.2 Å². The quantitative estimate of drug-likeness (QED) is 0.594. The molecule has 2 aromatic rings. The molecular formula is C13H16N4OS. The van der Waals surface area contributed by atoms with E-state index >= 15 is 0 Å². The van der Waals surface area contributed by atoms with Crippen molar-refractivity contribution in [2.75, 3.05) is 6.54 Å². The highest BCUT2D eigenvalue weighted by Crippen LogP contribution is 2.35. The van der Waals surface area contributed by atoms with Gasteiger partial charge in [0.1, 0.15) is 0 Å². The molecule has 0 radical (unpaired) electrons. The van der Waals surface area contributed by atoms with Crippen molar-refractivity contribution in [2.45, 2.75) is 20.3 Å². The van der Waals surface area contributed by atoms with E-state index < -0.39 is 0 Å². The number of nitrogens with one attached hydrogen (secondary N) is 2. The minimum Gasteiger partial charge on any atom is -0.493 e. The molecule has 2 rings (SSSR count). The molecule has 1 aromatic heterocycles. The maximum Gasteiger partial charge on any atom is 0.218 e. The van der Waals surface area contributed by atoms with Crippen LogP contribution in [-0.4, -0.2) is 21.7 Å². The van der Waals surface area contributed by atoms with Gasteiger partial charge in [-0.3, -0.25) is 0 Å². The molecule has 19 heavy (non-hydrogen) atoms. The summed E-state index contributed by atoms with van der Waals surface area (Å²) in [7, 11) is 0. The van der Waals surface area contributed by atoms with Crippen molar-refractivity contribution in [1.29, 1.82) is 0 Å². The lowest BCUT2D eigenvalue weighted by Crippen LogP contribution is -2.17. The largest absolute Gasteiger partial charge is 0.493 e. The summed E-state index contributed by atoms with van der Waals surface area (Å²) in [5.41, 5.74) is 2.43. The van der Waals surface area contributed by atoms with Gasteiger partial charge < -0.3 is 15.4 Å². The van der Waals surface area contributed by atoms with Crippen LogP contribution in [-0.2, 0) is 6.42 Å². The lowest BCUT2D eigenvalue weighted by molar-refractivity contribution is 0.459. The Morgan fingerprint density at radius 3 is 2.89 bits per heavy atom. The predicted octanol–water partition coefficient (Wildman–Crippen LogP) is 3.41. The fourth-order valence-corrected chi connectivity index (χ4v) is 2.00. The highest BCUT2D eigenvalue weighted by molar-refractivity contribution is 7.80. The Morgan fingerprint density at radius 2 is 2.21 bits per heavy atom. The van der Waals surface area contributed by atoms with Crippen molar-refractivity contribution in [3.05, 3.63) is 23.8 Å². The van der Waals surface area contributed by atoms with E-state index in [0.717, 1.165) is 17.3 Å². The standard InChI is InChI=1S/C13H16N4OS/c1-3-8-5-6-10-9(7-8)11(12(18)15-10)16-17-13(19)14-4-2/h5-7,15,18H,3-4H2,1-2H3,(H,14,19). The van der Waals surface area contributed by atoms with E-state index in [1.165, 1.54) is 5.56 Å². The lowest BCUT2D eigenvalue weighted by Gasteiger charge is -1.98. The molecule has 1 heterocycles. The third-order valence-corrected chi connectivity index (χ3v) is 3.02. The lowest BCUT2D eigenvalue weighted by atomic mass is 10.1. The van der Waals surface area contributed by atoms with Gasteiger partial charge in [0.15, 0.2) is 5.69 Å². The molecule has 5 nitrogen and oxygen atoms in total. The number of fused-ring (bicyclic) bond motifs is 1. The van der Waals surface area contributed by atoms with Crippen molar-refractivity contribution >= 4 is 33.9 Å². The smallest absolute Gasteiger partial charge is 0.218 e. The third kappa shape index (κ3) is 2.90. The number of aromatic hydroxyl groups is 1. The van der Waals surface area contributed by atoms with E-state index in [9.17, 15) is 5.11 Å². The van der Waals surface area contributed by atoms with Gasteiger partial charge in [-0.2, -0.15) is 0 Å². The fourth-order valence-electron chi connectivity index (χ4n) is 1.81. The number of nitrogens with zero attached hydrogens (tertiary/aromatic N) is 2. The number of H-pyrrole nitrogens is 1. The van der Waals surface area contributed by atoms with Gasteiger partial charge in [-0.15, -0.1) is 10.2 Å². The zero-order chi connectivity index (χ0) is 13.8. The number of rotatable bonds is 3. The number of aryl methyl sites for hydroxylation is 1. The number of hydrogen-bond acceptors (Lipinski definition) is 3. The van der Waals surface area contributed by atoms with Gasteiger partial charge in [-0.05, 0) is 43.3 Å². The van der Waals surface area contributed by atoms with Crippen LogP contribution in [0.5, 0.6) is 5.88 Å². The summed E-state index contributed by atoms with van der Waals surface area (Å²) in [5, 5.41) is 21.8. The summed E-state index contributed by atoms with van der Waals surface area (Å²) >= 11 is 4.98. The number of aromatic nitrogens is 1. The molecule has 0 unspecified atom stereocenters. The monoisotopic (exact) mass is 276 g/mol. The molecule has 0 spiro atoms. The molecule has 100 valence electrons. The van der Waals surface area contributed by atoms with Crippen molar-refractivity contribution in [3.8, 4) is 5.88 Å². The minimum absolute atomic E-state index is 0.00583.